The van der Waals surface area contributed by atoms with Gasteiger partial charge in [0.1, 0.15) is 23.8 Å². The van der Waals surface area contributed by atoms with Crippen molar-refractivity contribution in [2.45, 2.75) is 25.6 Å². The van der Waals surface area contributed by atoms with Gasteiger partial charge in [-0.05, 0) is 42.8 Å². The maximum absolute atomic E-state index is 14.7. The summed E-state index contributed by atoms with van der Waals surface area (Å²) >= 11 is 0. The Hall–Kier alpha value is -6.12. The van der Waals surface area contributed by atoms with E-state index in [1.807, 2.05) is 16.7 Å². The molecule has 4 aliphatic rings. The molecule has 2 atom stereocenters. The summed E-state index contributed by atoms with van der Waals surface area (Å²) in [7, 11) is 2.83. The van der Waals surface area contributed by atoms with Crippen LogP contribution in [0.1, 0.15) is 13.3 Å². The van der Waals surface area contributed by atoms with Gasteiger partial charge < -0.3 is 54.9 Å². The average Bonchev–Trinajstić information content (AvgIpc) is 3.83. The van der Waals surface area contributed by atoms with Crippen molar-refractivity contribution >= 4 is 58.9 Å². The van der Waals surface area contributed by atoms with Crippen molar-refractivity contribution in [3.8, 4) is 0 Å². The first-order chi connectivity index (χ1) is 27.8. The molecule has 0 radical (unpaired) electrons. The van der Waals surface area contributed by atoms with Gasteiger partial charge in [0.15, 0.2) is 13.2 Å². The molecular formula is C37H49F2N9O10. The SMILES string of the molecule is CC[C@H]1CN(c2ccc(N3CCN(C(=O)COC(=O)NC)CC3)c(F)c2)C(=O)O1.CNC(=O)OCC(=O)N1CCN(c2ccc(N3C[C@H](CN)OC3=O)cc2F)CC1. The first-order valence-electron chi connectivity index (χ1n) is 18.9. The zero-order chi connectivity index (χ0) is 41.9. The van der Waals surface area contributed by atoms with Gasteiger partial charge in [0.25, 0.3) is 11.8 Å². The van der Waals surface area contributed by atoms with Crippen LogP contribution in [0.3, 0.4) is 0 Å². The third kappa shape index (κ3) is 10.6. The lowest BCUT2D eigenvalue weighted by Crippen LogP contribution is -2.50. The first kappa shape index (κ1) is 43.0. The Morgan fingerprint density at radius 1 is 0.690 bits per heavy atom. The molecule has 0 saturated carbocycles. The van der Waals surface area contributed by atoms with Gasteiger partial charge in [-0.25, -0.2) is 28.0 Å². The average molecular weight is 818 g/mol. The summed E-state index contributed by atoms with van der Waals surface area (Å²) < 4.78 is 49.3. The number of rotatable bonds is 10. The monoisotopic (exact) mass is 817 g/mol. The zero-order valence-electron chi connectivity index (χ0n) is 32.6. The zero-order valence-corrected chi connectivity index (χ0v) is 32.6. The molecule has 2 aromatic rings. The van der Waals surface area contributed by atoms with Crippen molar-refractivity contribution in [1.82, 2.24) is 20.4 Å². The lowest BCUT2D eigenvalue weighted by Gasteiger charge is -2.36. The predicted molar refractivity (Wildman–Crippen MR) is 206 cm³/mol. The Kier molecular flexibility index (Phi) is 14.7. The van der Waals surface area contributed by atoms with Gasteiger partial charge in [0.05, 0.1) is 35.8 Å². The number of nitrogens with zero attached hydrogens (tertiary/aromatic N) is 6. The number of hydrogen-bond acceptors (Lipinski definition) is 13. The number of alkyl carbamates (subject to hydrolysis) is 2. The summed E-state index contributed by atoms with van der Waals surface area (Å²) in [6.45, 7) is 5.50. The number of hydrogen-bond donors (Lipinski definition) is 3. The second kappa shape index (κ2) is 19.8. The third-order valence-corrected chi connectivity index (χ3v) is 9.96. The highest BCUT2D eigenvalue weighted by molar-refractivity contribution is 5.91. The van der Waals surface area contributed by atoms with Gasteiger partial charge in [-0.2, -0.15) is 0 Å². The summed E-state index contributed by atoms with van der Waals surface area (Å²) in [5.74, 6) is -1.49. The Balaban J connectivity index is 0.000000221. The largest absolute Gasteiger partial charge is 0.444 e. The summed E-state index contributed by atoms with van der Waals surface area (Å²) in [4.78, 5) is 79.7. The van der Waals surface area contributed by atoms with Crippen LogP contribution in [0.15, 0.2) is 36.4 Å². The van der Waals surface area contributed by atoms with E-state index >= 15 is 0 Å². The number of halogens is 2. The molecule has 21 heteroatoms. The van der Waals surface area contributed by atoms with Crippen molar-refractivity contribution in [2.75, 3.05) is 119 Å². The normalized spacial score (nSPS) is 19.2. The number of anilines is 4. The van der Waals surface area contributed by atoms with Crippen LogP contribution in [0, 0.1) is 11.6 Å². The van der Waals surface area contributed by atoms with Crippen molar-refractivity contribution in [3.63, 3.8) is 0 Å². The number of nitrogens with two attached hydrogens (primary N) is 1. The lowest BCUT2D eigenvalue weighted by molar-refractivity contribution is -0.135. The van der Waals surface area contributed by atoms with Crippen LogP contribution in [0.5, 0.6) is 0 Å². The van der Waals surface area contributed by atoms with E-state index in [4.69, 9.17) is 24.7 Å². The summed E-state index contributed by atoms with van der Waals surface area (Å²) in [5.41, 5.74) is 7.21. The van der Waals surface area contributed by atoms with Gasteiger partial charge >= 0.3 is 24.4 Å². The first-order valence-corrected chi connectivity index (χ1v) is 18.9. The van der Waals surface area contributed by atoms with Crippen LogP contribution >= 0.6 is 0 Å². The van der Waals surface area contributed by atoms with Gasteiger partial charge in [0.2, 0.25) is 0 Å². The molecule has 0 unspecified atom stereocenters. The molecule has 4 saturated heterocycles. The smallest absolute Gasteiger partial charge is 0.414 e. The van der Waals surface area contributed by atoms with Crippen molar-refractivity contribution in [1.29, 1.82) is 0 Å². The van der Waals surface area contributed by atoms with Crippen molar-refractivity contribution in [2.24, 2.45) is 5.73 Å². The highest BCUT2D eigenvalue weighted by Gasteiger charge is 2.34. The van der Waals surface area contributed by atoms with E-state index in [0.29, 0.717) is 88.1 Å². The highest BCUT2D eigenvalue weighted by atomic mass is 19.1. The molecule has 6 rings (SSSR count). The number of carbonyl (C=O) groups excluding carboxylic acids is 6. The summed E-state index contributed by atoms with van der Waals surface area (Å²) in [6.07, 6.45) is -2.20. The minimum atomic E-state index is -0.668. The molecule has 19 nitrogen and oxygen atoms in total. The van der Waals surface area contributed by atoms with E-state index in [1.165, 1.54) is 36.0 Å². The molecule has 0 aliphatic carbocycles. The molecule has 4 fully saturated rings. The third-order valence-electron chi connectivity index (χ3n) is 9.96. The van der Waals surface area contributed by atoms with Crippen LogP contribution in [0.4, 0.5) is 50.7 Å². The molecule has 0 bridgehead atoms. The maximum atomic E-state index is 14.7. The molecular weight excluding hydrogens is 768 g/mol. The Morgan fingerprint density at radius 3 is 1.41 bits per heavy atom. The Bertz CT molecular complexity index is 1700. The summed E-state index contributed by atoms with van der Waals surface area (Å²) in [5, 5.41) is 4.55. The van der Waals surface area contributed by atoms with E-state index in [0.717, 1.165) is 0 Å². The molecule has 0 aromatic heterocycles. The molecule has 4 heterocycles. The Labute approximate surface area is 333 Å². The highest BCUT2D eigenvalue weighted by Crippen LogP contribution is 2.30. The Morgan fingerprint density at radius 2 is 1.09 bits per heavy atom. The minimum absolute atomic E-state index is 0.178. The lowest BCUT2D eigenvalue weighted by atomic mass is 10.2. The number of carbonyl (C=O) groups is 6. The fraction of sp³-hybridized carbons (Fsp3) is 0.514. The molecule has 4 aliphatic heterocycles. The number of piperazine rings is 2. The van der Waals surface area contributed by atoms with E-state index < -0.39 is 42.1 Å². The van der Waals surface area contributed by atoms with Gasteiger partial charge in [0, 0.05) is 73.0 Å². The van der Waals surface area contributed by atoms with Crippen LogP contribution in [-0.4, -0.2) is 157 Å². The number of amides is 6. The standard InChI is InChI=1S/C19H25FN4O5.C18H24FN5O5/c1-3-14-11-24(19(27)29-14)13-4-5-16(15(20)10-13)22-6-8-23(9-7-22)17(25)12-28-18(26)21-2;1-21-17(26)28-11-16(25)23-6-4-22(5-7-23)15-3-2-12(8-14(15)19)24-10-13(9-20)29-18(24)27/h4-5,10,14H,3,6-9,11-12H2,1-2H3,(H,21,26);2-3,8,13H,4-7,9-11,20H2,1H3,(H,21,26)/t14-;13-/m00/s1. The molecule has 6 amide bonds. The van der Waals surface area contributed by atoms with Gasteiger partial charge in [-0.15, -0.1) is 0 Å². The number of cyclic esters (lactones) is 2. The maximum Gasteiger partial charge on any atom is 0.414 e. The predicted octanol–water partition coefficient (Wildman–Crippen LogP) is 1.68. The number of ether oxygens (including phenoxy) is 4. The van der Waals surface area contributed by atoms with E-state index in [1.54, 1.807) is 34.1 Å². The van der Waals surface area contributed by atoms with E-state index in [2.05, 4.69) is 10.6 Å². The molecule has 58 heavy (non-hydrogen) atoms. The van der Waals surface area contributed by atoms with Crippen LogP contribution < -0.4 is 36.0 Å². The quantitative estimate of drug-likeness (QED) is 0.292. The van der Waals surface area contributed by atoms with Gasteiger partial charge in [-0.3, -0.25) is 19.4 Å². The van der Waals surface area contributed by atoms with E-state index in [-0.39, 0.29) is 44.2 Å². The van der Waals surface area contributed by atoms with Crippen molar-refractivity contribution < 1.29 is 56.5 Å². The van der Waals surface area contributed by atoms with E-state index in [9.17, 15) is 37.5 Å². The van der Waals surface area contributed by atoms with Gasteiger partial charge in [-0.1, -0.05) is 6.92 Å². The van der Waals surface area contributed by atoms with Crippen LogP contribution in [0.25, 0.3) is 0 Å². The number of benzene rings is 2. The molecule has 2 aromatic carbocycles. The van der Waals surface area contributed by atoms with Crippen LogP contribution in [-0.2, 0) is 28.5 Å². The molecule has 4 N–H and O–H groups in total. The van der Waals surface area contributed by atoms with Crippen LogP contribution in [0.2, 0.25) is 0 Å². The topological polar surface area (TPSA) is 209 Å². The van der Waals surface area contributed by atoms with Crippen molar-refractivity contribution in [3.05, 3.63) is 48.0 Å². The number of nitrogens with one attached hydrogen (secondary N) is 2. The fourth-order valence-corrected chi connectivity index (χ4v) is 6.62. The second-order valence-corrected chi connectivity index (χ2v) is 13.5. The minimum Gasteiger partial charge on any atom is -0.444 e. The molecule has 0 spiro atoms. The summed E-state index contributed by atoms with van der Waals surface area (Å²) in [6, 6.07) is 9.25. The second-order valence-electron chi connectivity index (χ2n) is 13.5. The fourth-order valence-electron chi connectivity index (χ4n) is 6.62. The molecule has 316 valence electrons.